The minimum Gasteiger partial charge on any atom is -0.458 e. The van der Waals surface area contributed by atoms with E-state index >= 15 is 0 Å². The Bertz CT molecular complexity index is 1400. The first-order valence-corrected chi connectivity index (χ1v) is 13.5. The third kappa shape index (κ3) is 6.17. The van der Waals surface area contributed by atoms with Crippen molar-refractivity contribution in [3.63, 3.8) is 0 Å². The molecule has 0 bridgehead atoms. The van der Waals surface area contributed by atoms with Crippen molar-refractivity contribution in [1.82, 2.24) is 5.32 Å². The van der Waals surface area contributed by atoms with Crippen molar-refractivity contribution < 1.29 is 26.8 Å². The zero-order valence-corrected chi connectivity index (χ0v) is 21.5. The second kappa shape index (κ2) is 11.0. The van der Waals surface area contributed by atoms with E-state index in [2.05, 4.69) is 5.32 Å². The molecule has 0 aliphatic carbocycles. The van der Waals surface area contributed by atoms with Gasteiger partial charge in [-0.25, -0.2) is 4.39 Å². The number of rotatable bonds is 3. The highest BCUT2D eigenvalue weighted by atomic mass is 32.2. The van der Waals surface area contributed by atoms with Gasteiger partial charge in [-0.05, 0) is 75.2 Å². The van der Waals surface area contributed by atoms with Gasteiger partial charge in [0.05, 0.1) is 28.2 Å². The molecule has 2 unspecified atom stereocenters. The number of nitrogens with zero attached hydrogens (tertiary/aromatic N) is 1. The first-order chi connectivity index (χ1) is 17.6. The van der Waals surface area contributed by atoms with Gasteiger partial charge in [0, 0.05) is 12.5 Å². The van der Waals surface area contributed by atoms with E-state index in [9.17, 15) is 12.8 Å². The Kier molecular flexibility index (Phi) is 7.95. The third-order valence-corrected chi connectivity index (χ3v) is 7.47. The minimum atomic E-state index is -4.02. The van der Waals surface area contributed by atoms with Crippen LogP contribution in [0.4, 0.5) is 4.39 Å². The van der Waals surface area contributed by atoms with E-state index < -0.39 is 21.7 Å². The zero-order valence-electron chi connectivity index (χ0n) is 20.6. The summed E-state index contributed by atoms with van der Waals surface area (Å²) in [6.45, 7) is 5.50. The molecule has 0 saturated carbocycles. The Morgan fingerprint density at radius 2 is 1.76 bits per heavy atom. The van der Waals surface area contributed by atoms with Crippen molar-refractivity contribution in [2.24, 2.45) is 5.92 Å². The van der Waals surface area contributed by atoms with Crippen molar-refractivity contribution in [2.45, 2.75) is 43.5 Å². The SMILES string of the molecule is CC1(c2ccc(C#N)cc2F)Oc2ccccc2C(C2CCNCC2)O1.Cc1ccc(S(=O)(=O)O)cc1. The molecule has 1 saturated heterocycles. The number of ether oxygens (including phenoxy) is 2. The molecule has 7 nitrogen and oxygen atoms in total. The quantitative estimate of drug-likeness (QED) is 0.450. The Morgan fingerprint density at radius 3 is 2.38 bits per heavy atom. The van der Waals surface area contributed by atoms with Crippen molar-refractivity contribution in [1.29, 1.82) is 5.26 Å². The Morgan fingerprint density at radius 1 is 1.08 bits per heavy atom. The van der Waals surface area contributed by atoms with Crippen molar-refractivity contribution in [3.8, 4) is 11.8 Å². The number of nitrogens with one attached hydrogen (secondary N) is 1. The van der Waals surface area contributed by atoms with Gasteiger partial charge in [-0.15, -0.1) is 0 Å². The highest BCUT2D eigenvalue weighted by Gasteiger charge is 2.44. The van der Waals surface area contributed by atoms with Crippen molar-refractivity contribution in [3.05, 3.63) is 94.8 Å². The molecule has 2 N–H and O–H groups in total. The van der Waals surface area contributed by atoms with E-state index in [0.717, 1.165) is 42.8 Å². The first-order valence-electron chi connectivity index (χ1n) is 12.0. The van der Waals surface area contributed by atoms with Gasteiger partial charge in [0.1, 0.15) is 11.6 Å². The number of halogens is 1. The average Bonchev–Trinajstić information content (AvgIpc) is 2.88. The van der Waals surface area contributed by atoms with E-state index in [1.165, 1.54) is 18.2 Å². The predicted octanol–water partition coefficient (Wildman–Crippen LogP) is 5.26. The standard InChI is InChI=1S/C21H21FN2O2.C7H8O3S/c1-21(17-7-6-14(13-23)12-18(17)22)25-19-5-3-2-4-16(19)20(26-21)15-8-10-24-11-9-15;1-6-2-4-7(5-3-6)11(8,9)10/h2-7,12,15,20,24H,8-11H2,1H3;2-5H,1H3,(H,8,9,10). The van der Waals surface area contributed by atoms with E-state index in [1.54, 1.807) is 31.2 Å². The smallest absolute Gasteiger partial charge is 0.294 e. The van der Waals surface area contributed by atoms with E-state index in [0.29, 0.717) is 11.5 Å². The number of piperidine rings is 1. The fraction of sp³-hybridized carbons (Fsp3) is 0.321. The van der Waals surface area contributed by atoms with Gasteiger partial charge >= 0.3 is 0 Å². The Balaban J connectivity index is 0.000000245. The molecule has 194 valence electrons. The first kappa shape index (κ1) is 26.8. The Hall–Kier alpha value is -3.29. The molecule has 3 aromatic rings. The largest absolute Gasteiger partial charge is 0.458 e. The van der Waals surface area contributed by atoms with Gasteiger partial charge in [-0.2, -0.15) is 13.7 Å². The van der Waals surface area contributed by atoms with Crippen LogP contribution < -0.4 is 10.1 Å². The number of hydrogen-bond acceptors (Lipinski definition) is 6. The minimum absolute atomic E-state index is 0.0666. The number of nitriles is 1. The molecule has 5 rings (SSSR count). The number of para-hydroxylation sites is 1. The van der Waals surface area contributed by atoms with E-state index in [4.69, 9.17) is 19.3 Å². The van der Waals surface area contributed by atoms with Gasteiger partial charge in [-0.1, -0.05) is 35.9 Å². The van der Waals surface area contributed by atoms with Gasteiger partial charge in [0.25, 0.3) is 10.1 Å². The van der Waals surface area contributed by atoms with Crippen LogP contribution in [-0.4, -0.2) is 26.1 Å². The number of benzene rings is 3. The van der Waals surface area contributed by atoms with Crippen LogP contribution in [0.25, 0.3) is 0 Å². The van der Waals surface area contributed by atoms with Crippen LogP contribution >= 0.6 is 0 Å². The van der Waals surface area contributed by atoms with Crippen LogP contribution in [0.1, 0.15) is 48.1 Å². The predicted molar refractivity (Wildman–Crippen MR) is 136 cm³/mol. The maximum atomic E-state index is 14.7. The van der Waals surface area contributed by atoms with Gasteiger partial charge in [0.15, 0.2) is 0 Å². The molecule has 0 amide bonds. The second-order valence-electron chi connectivity index (χ2n) is 9.31. The number of fused-ring (bicyclic) bond motifs is 1. The summed E-state index contributed by atoms with van der Waals surface area (Å²) in [7, 11) is -4.02. The lowest BCUT2D eigenvalue weighted by Crippen LogP contribution is -2.42. The fourth-order valence-electron chi connectivity index (χ4n) is 4.63. The molecule has 1 fully saturated rings. The molecule has 0 spiro atoms. The van der Waals surface area contributed by atoms with E-state index in [-0.39, 0.29) is 16.6 Å². The summed E-state index contributed by atoms with van der Waals surface area (Å²) >= 11 is 0. The molecule has 2 aliphatic heterocycles. The highest BCUT2D eigenvalue weighted by molar-refractivity contribution is 7.85. The number of aryl methyl sites for hydroxylation is 1. The van der Waals surface area contributed by atoms with Gasteiger partial charge < -0.3 is 14.8 Å². The topological polar surface area (TPSA) is 109 Å². The molecule has 37 heavy (non-hydrogen) atoms. The van der Waals surface area contributed by atoms with E-state index in [1.807, 2.05) is 37.3 Å². The molecule has 3 aromatic carbocycles. The van der Waals surface area contributed by atoms with Crippen LogP contribution in [0.3, 0.4) is 0 Å². The van der Waals surface area contributed by atoms with Crippen LogP contribution in [0, 0.1) is 30.0 Å². The fourth-order valence-corrected chi connectivity index (χ4v) is 5.11. The van der Waals surface area contributed by atoms with Gasteiger partial charge in [-0.3, -0.25) is 4.55 Å². The van der Waals surface area contributed by atoms with Crippen LogP contribution in [0.2, 0.25) is 0 Å². The summed E-state index contributed by atoms with van der Waals surface area (Å²) in [5.74, 6) is -0.646. The normalized spacial score (nSPS) is 21.5. The second-order valence-corrected chi connectivity index (χ2v) is 10.7. The maximum absolute atomic E-state index is 14.7. The Labute approximate surface area is 216 Å². The summed E-state index contributed by atoms with van der Waals surface area (Å²) in [5.41, 5.74) is 2.56. The summed E-state index contributed by atoms with van der Waals surface area (Å²) in [6, 6.07) is 20.2. The molecular formula is C28H29FN2O5S. The third-order valence-electron chi connectivity index (χ3n) is 6.60. The monoisotopic (exact) mass is 524 g/mol. The average molecular weight is 525 g/mol. The van der Waals surface area contributed by atoms with Crippen LogP contribution in [0.5, 0.6) is 5.75 Å². The van der Waals surface area contributed by atoms with Crippen LogP contribution in [0.15, 0.2) is 71.6 Å². The van der Waals surface area contributed by atoms with Crippen LogP contribution in [-0.2, 0) is 20.6 Å². The molecule has 2 aliphatic rings. The summed E-state index contributed by atoms with van der Waals surface area (Å²) in [4.78, 5) is -0.0666. The lowest BCUT2D eigenvalue weighted by atomic mass is 9.86. The zero-order chi connectivity index (χ0) is 26.6. The molecule has 2 atom stereocenters. The summed E-state index contributed by atoms with van der Waals surface area (Å²) in [6.07, 6.45) is 1.86. The lowest BCUT2D eigenvalue weighted by molar-refractivity contribution is -0.242. The number of hydrogen-bond donors (Lipinski definition) is 2. The summed E-state index contributed by atoms with van der Waals surface area (Å²) in [5, 5.41) is 12.4. The summed E-state index contributed by atoms with van der Waals surface area (Å²) < 4.78 is 56.8. The molecule has 0 radical (unpaired) electrons. The highest BCUT2D eigenvalue weighted by Crippen LogP contribution is 2.48. The molecule has 0 aromatic heterocycles. The molecule has 9 heteroatoms. The van der Waals surface area contributed by atoms with Gasteiger partial charge in [0.2, 0.25) is 5.79 Å². The van der Waals surface area contributed by atoms with Crippen molar-refractivity contribution >= 4 is 10.1 Å². The maximum Gasteiger partial charge on any atom is 0.294 e. The van der Waals surface area contributed by atoms with Crippen molar-refractivity contribution in [2.75, 3.05) is 13.1 Å². The lowest BCUT2D eigenvalue weighted by Gasteiger charge is -2.43. The molecular weight excluding hydrogens is 495 g/mol. The molecule has 2 heterocycles.